The third-order valence-corrected chi connectivity index (χ3v) is 4.31. The fourth-order valence-corrected chi connectivity index (χ4v) is 2.96. The Kier molecular flexibility index (Phi) is 8.70. The van der Waals surface area contributed by atoms with Crippen LogP contribution in [0.5, 0.6) is 5.88 Å². The average molecular weight is 540 g/mol. The normalized spacial score (nSPS) is 17.4. The minimum absolute atomic E-state index is 0. The second-order valence-electron chi connectivity index (χ2n) is 6.56. The van der Waals surface area contributed by atoms with Gasteiger partial charge in [0.15, 0.2) is 12.6 Å². The molecular formula is C18H24F3IN6O2. The van der Waals surface area contributed by atoms with Crippen molar-refractivity contribution < 1.29 is 22.6 Å². The molecule has 0 aliphatic carbocycles. The van der Waals surface area contributed by atoms with E-state index in [1.54, 1.807) is 24.0 Å². The van der Waals surface area contributed by atoms with E-state index < -0.39 is 12.8 Å². The van der Waals surface area contributed by atoms with Gasteiger partial charge in [-0.05, 0) is 11.6 Å². The molecule has 3 heterocycles. The summed E-state index contributed by atoms with van der Waals surface area (Å²) in [6.07, 6.45) is 0.602. The number of alkyl halides is 3. The third-order valence-electron chi connectivity index (χ3n) is 4.31. The second kappa shape index (κ2) is 10.8. The largest absolute Gasteiger partial charge is 0.468 e. The molecule has 166 valence electrons. The van der Waals surface area contributed by atoms with Gasteiger partial charge in [-0.25, -0.2) is 4.98 Å². The highest BCUT2D eigenvalue weighted by Crippen LogP contribution is 2.22. The Morgan fingerprint density at radius 2 is 2.23 bits per heavy atom. The van der Waals surface area contributed by atoms with Crippen molar-refractivity contribution in [3.63, 3.8) is 0 Å². The maximum Gasteiger partial charge on any atom is 0.422 e. The van der Waals surface area contributed by atoms with Gasteiger partial charge in [-0.1, -0.05) is 0 Å². The molecule has 8 nitrogen and oxygen atoms in total. The van der Waals surface area contributed by atoms with Crippen LogP contribution in [-0.4, -0.2) is 65.2 Å². The Hall–Kier alpha value is -2.09. The van der Waals surface area contributed by atoms with Gasteiger partial charge in [-0.15, -0.1) is 24.0 Å². The minimum Gasteiger partial charge on any atom is -0.468 e. The molecule has 0 spiro atoms. The van der Waals surface area contributed by atoms with Crippen LogP contribution in [-0.2, 0) is 18.3 Å². The quantitative estimate of drug-likeness (QED) is 0.357. The lowest BCUT2D eigenvalue weighted by Gasteiger charge is -2.34. The fourth-order valence-electron chi connectivity index (χ4n) is 2.96. The Bertz CT molecular complexity index is 845. The van der Waals surface area contributed by atoms with E-state index in [9.17, 15) is 13.2 Å². The molecule has 0 bridgehead atoms. The molecular weight excluding hydrogens is 516 g/mol. The van der Waals surface area contributed by atoms with Crippen molar-refractivity contribution in [1.29, 1.82) is 0 Å². The first-order chi connectivity index (χ1) is 13.8. The maximum atomic E-state index is 12.3. The van der Waals surface area contributed by atoms with Gasteiger partial charge in [-0.2, -0.15) is 18.3 Å². The highest BCUT2D eigenvalue weighted by Gasteiger charge is 2.28. The van der Waals surface area contributed by atoms with Crippen molar-refractivity contribution in [1.82, 2.24) is 25.0 Å². The zero-order valence-corrected chi connectivity index (χ0v) is 18.9. The molecule has 1 N–H and O–H groups in total. The van der Waals surface area contributed by atoms with E-state index in [0.29, 0.717) is 32.2 Å². The smallest absolute Gasteiger partial charge is 0.422 e. The molecule has 0 aromatic carbocycles. The van der Waals surface area contributed by atoms with Crippen LogP contribution in [0.25, 0.3) is 0 Å². The number of aryl methyl sites for hydroxylation is 1. The summed E-state index contributed by atoms with van der Waals surface area (Å²) < 4.78 is 49.2. The SMILES string of the molecule is CN=C(NCc1ccnc(OCC(F)(F)F)c1)N1CCOC(c2cnn(C)c2)C1.I. The first-order valence-electron chi connectivity index (χ1n) is 9.04. The first-order valence-corrected chi connectivity index (χ1v) is 9.04. The van der Waals surface area contributed by atoms with Gasteiger partial charge < -0.3 is 19.7 Å². The molecule has 2 aromatic rings. The zero-order chi connectivity index (χ0) is 20.9. The predicted molar refractivity (Wildman–Crippen MR) is 115 cm³/mol. The van der Waals surface area contributed by atoms with Crippen LogP contribution in [0.3, 0.4) is 0 Å². The lowest BCUT2D eigenvalue weighted by Crippen LogP contribution is -2.47. The molecule has 1 unspecified atom stereocenters. The maximum absolute atomic E-state index is 12.3. The van der Waals surface area contributed by atoms with Gasteiger partial charge in [0.05, 0.1) is 19.3 Å². The molecule has 1 atom stereocenters. The fraction of sp³-hybridized carbons (Fsp3) is 0.500. The van der Waals surface area contributed by atoms with Gasteiger partial charge in [0, 0.05) is 51.2 Å². The molecule has 1 saturated heterocycles. The number of morpholine rings is 1. The lowest BCUT2D eigenvalue weighted by molar-refractivity contribution is -0.154. The standard InChI is InChI=1S/C18H23F3N6O2.HI/c1-22-17(27-5-6-28-15(11-27)14-9-25-26(2)10-14)24-8-13-3-4-23-16(7-13)29-12-18(19,20)21;/h3-4,7,9-10,15H,5-6,8,11-12H2,1-2H3,(H,22,24);1H. The molecule has 3 rings (SSSR count). The number of hydrogen-bond acceptors (Lipinski definition) is 5. The van der Waals surface area contributed by atoms with E-state index in [4.69, 9.17) is 9.47 Å². The van der Waals surface area contributed by atoms with Crippen molar-refractivity contribution in [2.75, 3.05) is 33.4 Å². The van der Waals surface area contributed by atoms with Gasteiger partial charge in [0.2, 0.25) is 5.88 Å². The number of ether oxygens (including phenoxy) is 2. The summed E-state index contributed by atoms with van der Waals surface area (Å²) in [7, 11) is 3.53. The molecule has 1 fully saturated rings. The molecule has 0 saturated carbocycles. The number of guanidine groups is 1. The summed E-state index contributed by atoms with van der Waals surface area (Å²) in [5, 5.41) is 7.41. The van der Waals surface area contributed by atoms with Crippen LogP contribution in [0.4, 0.5) is 13.2 Å². The minimum atomic E-state index is -4.40. The molecule has 12 heteroatoms. The highest BCUT2D eigenvalue weighted by atomic mass is 127. The van der Waals surface area contributed by atoms with E-state index in [0.717, 1.165) is 11.1 Å². The van der Waals surface area contributed by atoms with Gasteiger partial charge in [0.1, 0.15) is 6.10 Å². The average Bonchev–Trinajstić information content (AvgIpc) is 3.13. The van der Waals surface area contributed by atoms with Crippen molar-refractivity contribution in [3.05, 3.63) is 41.9 Å². The molecule has 0 radical (unpaired) electrons. The summed E-state index contributed by atoms with van der Waals surface area (Å²) in [6.45, 7) is 0.827. The van der Waals surface area contributed by atoms with E-state index in [1.165, 1.54) is 12.3 Å². The number of aromatic nitrogens is 3. The molecule has 1 aliphatic rings. The van der Waals surface area contributed by atoms with Crippen molar-refractivity contribution in [3.8, 4) is 5.88 Å². The number of pyridine rings is 1. The Morgan fingerprint density at radius 1 is 1.43 bits per heavy atom. The van der Waals surface area contributed by atoms with E-state index in [2.05, 4.69) is 25.3 Å². The molecule has 1 aliphatic heterocycles. The summed E-state index contributed by atoms with van der Waals surface area (Å²) in [5.74, 6) is 0.608. The van der Waals surface area contributed by atoms with Crippen LogP contribution >= 0.6 is 24.0 Å². The van der Waals surface area contributed by atoms with Crippen LogP contribution < -0.4 is 10.1 Å². The number of aliphatic imine (C=N–C) groups is 1. The number of hydrogen-bond donors (Lipinski definition) is 1. The van der Waals surface area contributed by atoms with Crippen molar-refractivity contribution in [2.45, 2.75) is 18.8 Å². The second-order valence-corrected chi connectivity index (χ2v) is 6.56. The van der Waals surface area contributed by atoms with E-state index in [-0.39, 0.29) is 36.0 Å². The van der Waals surface area contributed by atoms with Gasteiger partial charge >= 0.3 is 6.18 Å². The summed E-state index contributed by atoms with van der Waals surface area (Å²) in [4.78, 5) is 10.2. The van der Waals surface area contributed by atoms with Crippen LogP contribution in [0.1, 0.15) is 17.2 Å². The zero-order valence-electron chi connectivity index (χ0n) is 16.6. The number of nitrogens with one attached hydrogen (secondary N) is 1. The van der Waals surface area contributed by atoms with Crippen LogP contribution in [0.2, 0.25) is 0 Å². The Balaban J connectivity index is 0.00000320. The monoisotopic (exact) mass is 540 g/mol. The Morgan fingerprint density at radius 3 is 2.90 bits per heavy atom. The third kappa shape index (κ3) is 7.00. The Labute approximate surface area is 189 Å². The van der Waals surface area contributed by atoms with E-state index in [1.807, 2.05) is 13.2 Å². The van der Waals surface area contributed by atoms with Gasteiger partial charge in [0.25, 0.3) is 0 Å². The molecule has 30 heavy (non-hydrogen) atoms. The van der Waals surface area contributed by atoms with Crippen LogP contribution in [0.15, 0.2) is 35.7 Å². The molecule has 2 aromatic heterocycles. The first kappa shape index (κ1) is 24.2. The van der Waals surface area contributed by atoms with Crippen molar-refractivity contribution in [2.24, 2.45) is 12.0 Å². The lowest BCUT2D eigenvalue weighted by atomic mass is 10.1. The summed E-state index contributed by atoms with van der Waals surface area (Å²) >= 11 is 0. The summed E-state index contributed by atoms with van der Waals surface area (Å²) in [5.41, 5.74) is 1.73. The van der Waals surface area contributed by atoms with Crippen LogP contribution in [0, 0.1) is 0 Å². The van der Waals surface area contributed by atoms with Gasteiger partial charge in [-0.3, -0.25) is 9.67 Å². The summed E-state index contributed by atoms with van der Waals surface area (Å²) in [6, 6.07) is 3.18. The highest BCUT2D eigenvalue weighted by molar-refractivity contribution is 14.0. The number of rotatable bonds is 5. The topological polar surface area (TPSA) is 76.8 Å². The van der Waals surface area contributed by atoms with Crippen molar-refractivity contribution >= 4 is 29.9 Å². The van der Waals surface area contributed by atoms with E-state index >= 15 is 0 Å². The molecule has 0 amide bonds. The number of halogens is 4. The number of nitrogens with zero attached hydrogens (tertiary/aromatic N) is 5. The predicted octanol–water partition coefficient (Wildman–Crippen LogP) is 2.52.